The van der Waals surface area contributed by atoms with E-state index < -0.39 is 48.2 Å². The number of carboxylic acid groups (broad SMARTS) is 1. The molecule has 1 aromatic carbocycles. The predicted octanol–water partition coefficient (Wildman–Crippen LogP) is 4.57. The molecule has 1 amide bonds. The zero-order chi connectivity index (χ0) is 28.4. The minimum Gasteiger partial charge on any atom is -0.478 e. The Bertz CT molecular complexity index is 957. The quantitative estimate of drug-likeness (QED) is 0.493. The molecular weight excluding hydrogens is 535 g/mol. The van der Waals surface area contributed by atoms with Crippen molar-refractivity contribution in [3.05, 3.63) is 23.8 Å². The van der Waals surface area contributed by atoms with Crippen LogP contribution in [0.15, 0.2) is 18.2 Å². The second-order valence-corrected chi connectivity index (χ2v) is 8.35. The molecule has 0 aliphatic carbocycles. The first-order chi connectivity index (χ1) is 16.7. The van der Waals surface area contributed by atoms with Crippen LogP contribution in [0.2, 0.25) is 0 Å². The maximum atomic E-state index is 12.8. The number of halogens is 9. The highest BCUT2D eigenvalue weighted by atomic mass is 19.4. The third-order valence-electron chi connectivity index (χ3n) is 4.98. The number of carbonyl (C=O) groups excluding carboxylic acids is 1. The second-order valence-electron chi connectivity index (χ2n) is 8.35. The number of carboxylic acids is 1. The van der Waals surface area contributed by atoms with Crippen molar-refractivity contribution in [1.29, 1.82) is 0 Å². The first-order valence-corrected chi connectivity index (χ1v) is 10.3. The lowest BCUT2D eigenvalue weighted by molar-refractivity contribution is -0.308. The molecule has 1 fully saturated rings. The van der Waals surface area contributed by atoms with E-state index >= 15 is 0 Å². The molecule has 2 rings (SSSR count). The van der Waals surface area contributed by atoms with Gasteiger partial charge < -0.3 is 24.2 Å². The van der Waals surface area contributed by atoms with Crippen LogP contribution in [0.4, 0.5) is 44.3 Å². The number of carbonyl (C=O) groups is 2. The van der Waals surface area contributed by atoms with E-state index in [0.29, 0.717) is 4.90 Å². The summed E-state index contributed by atoms with van der Waals surface area (Å²) in [4.78, 5) is 25.2. The van der Waals surface area contributed by atoms with E-state index in [9.17, 15) is 54.2 Å². The van der Waals surface area contributed by atoms with Gasteiger partial charge in [0.15, 0.2) is 5.60 Å². The van der Waals surface area contributed by atoms with E-state index in [0.717, 1.165) is 18.2 Å². The van der Waals surface area contributed by atoms with Gasteiger partial charge in [0, 0.05) is 38.3 Å². The summed E-state index contributed by atoms with van der Waals surface area (Å²) in [7, 11) is 0. The minimum atomic E-state index is -5.88. The van der Waals surface area contributed by atoms with Crippen LogP contribution in [0.5, 0.6) is 11.5 Å². The lowest BCUT2D eigenvalue weighted by Crippen LogP contribution is -2.52. The van der Waals surface area contributed by atoms with Gasteiger partial charge in [-0.2, -0.15) is 26.3 Å². The SMILES string of the molecule is CC(C)(Oc1ccc(OC(F)(F)F)c(CN2CCN(C(=O)OC(C(F)(F)F)C(F)(F)F)CC2)c1)C(=O)O. The van der Waals surface area contributed by atoms with E-state index in [-0.39, 0.29) is 44.0 Å². The van der Waals surface area contributed by atoms with E-state index in [1.807, 2.05) is 0 Å². The molecule has 1 aliphatic heterocycles. The van der Waals surface area contributed by atoms with Crippen LogP contribution in [0.1, 0.15) is 19.4 Å². The van der Waals surface area contributed by atoms with Crippen molar-refractivity contribution in [2.75, 3.05) is 26.2 Å². The normalized spacial score (nSPS) is 16.1. The smallest absolute Gasteiger partial charge is 0.478 e. The van der Waals surface area contributed by atoms with Gasteiger partial charge in [-0.25, -0.2) is 9.59 Å². The predicted molar refractivity (Wildman–Crippen MR) is 105 cm³/mol. The molecule has 0 atom stereocenters. The molecule has 0 saturated carbocycles. The molecule has 0 bridgehead atoms. The Hall–Kier alpha value is -3.11. The van der Waals surface area contributed by atoms with Crippen molar-refractivity contribution in [2.24, 2.45) is 0 Å². The van der Waals surface area contributed by atoms with Crippen LogP contribution >= 0.6 is 0 Å². The second kappa shape index (κ2) is 10.7. The summed E-state index contributed by atoms with van der Waals surface area (Å²) in [6.07, 6.45) is -23.0. The highest BCUT2D eigenvalue weighted by Gasteiger charge is 2.60. The number of nitrogens with zero attached hydrogens (tertiary/aromatic N) is 2. The molecule has 1 aliphatic rings. The van der Waals surface area contributed by atoms with Crippen molar-refractivity contribution in [1.82, 2.24) is 9.80 Å². The molecule has 8 nitrogen and oxygen atoms in total. The van der Waals surface area contributed by atoms with Crippen molar-refractivity contribution in [3.8, 4) is 11.5 Å². The highest BCUT2D eigenvalue weighted by molar-refractivity contribution is 5.76. The van der Waals surface area contributed by atoms with Crippen LogP contribution in [-0.4, -0.2) is 83.6 Å². The number of rotatable bonds is 7. The van der Waals surface area contributed by atoms with E-state index in [2.05, 4.69) is 9.47 Å². The molecule has 1 aromatic rings. The van der Waals surface area contributed by atoms with Crippen LogP contribution in [0.25, 0.3) is 0 Å². The van der Waals surface area contributed by atoms with Gasteiger partial charge in [-0.1, -0.05) is 0 Å². The average Bonchev–Trinajstić information content (AvgIpc) is 2.71. The first kappa shape index (κ1) is 30.1. The monoisotopic (exact) mass is 556 g/mol. The fraction of sp³-hybridized carbons (Fsp3) is 0.600. The summed E-state index contributed by atoms with van der Waals surface area (Å²) in [5, 5.41) is 9.18. The number of benzene rings is 1. The number of alkyl halides is 9. The van der Waals surface area contributed by atoms with Gasteiger partial charge in [0.2, 0.25) is 0 Å². The Morgan fingerprint density at radius 3 is 1.92 bits per heavy atom. The summed E-state index contributed by atoms with van der Waals surface area (Å²) in [5.41, 5.74) is -1.85. The van der Waals surface area contributed by atoms with Crippen molar-refractivity contribution < 1.29 is 68.4 Å². The van der Waals surface area contributed by atoms with Crippen molar-refractivity contribution >= 4 is 12.1 Å². The number of amides is 1. The Kier molecular flexibility index (Phi) is 8.72. The number of hydrogen-bond donors (Lipinski definition) is 1. The summed E-state index contributed by atoms with van der Waals surface area (Å²) < 4.78 is 127. The number of hydrogen-bond acceptors (Lipinski definition) is 6. The minimum absolute atomic E-state index is 0.107. The van der Waals surface area contributed by atoms with Gasteiger partial charge >= 0.3 is 30.8 Å². The zero-order valence-corrected chi connectivity index (χ0v) is 19.1. The largest absolute Gasteiger partial charge is 0.573 e. The van der Waals surface area contributed by atoms with E-state index in [1.54, 1.807) is 0 Å². The number of ether oxygens (including phenoxy) is 3. The third-order valence-corrected chi connectivity index (χ3v) is 4.98. The highest BCUT2D eigenvalue weighted by Crippen LogP contribution is 2.36. The third kappa shape index (κ3) is 8.75. The molecule has 210 valence electrons. The molecule has 1 saturated heterocycles. The molecule has 0 radical (unpaired) electrons. The molecule has 0 unspecified atom stereocenters. The van der Waals surface area contributed by atoms with Gasteiger partial charge in [-0.15, -0.1) is 13.2 Å². The Balaban J connectivity index is 2.13. The lowest BCUT2D eigenvalue weighted by Gasteiger charge is -2.35. The molecule has 17 heteroatoms. The molecular formula is C20H21F9N2O6. The summed E-state index contributed by atoms with van der Waals surface area (Å²) in [5.74, 6) is -2.11. The molecule has 1 heterocycles. The number of aliphatic carboxylic acids is 1. The van der Waals surface area contributed by atoms with Gasteiger partial charge in [-0.3, -0.25) is 4.90 Å². The Morgan fingerprint density at radius 2 is 1.46 bits per heavy atom. The molecule has 0 spiro atoms. The molecule has 37 heavy (non-hydrogen) atoms. The van der Waals surface area contributed by atoms with Gasteiger partial charge in [0.05, 0.1) is 0 Å². The molecule has 1 N–H and O–H groups in total. The summed E-state index contributed by atoms with van der Waals surface area (Å²) >= 11 is 0. The van der Waals surface area contributed by atoms with Crippen LogP contribution < -0.4 is 9.47 Å². The lowest BCUT2D eigenvalue weighted by atomic mass is 10.1. The fourth-order valence-corrected chi connectivity index (χ4v) is 3.13. The number of piperazine rings is 1. The van der Waals surface area contributed by atoms with E-state index in [1.165, 1.54) is 18.7 Å². The van der Waals surface area contributed by atoms with Gasteiger partial charge in [0.25, 0.3) is 6.10 Å². The van der Waals surface area contributed by atoms with Crippen LogP contribution in [0.3, 0.4) is 0 Å². The van der Waals surface area contributed by atoms with Crippen LogP contribution in [-0.2, 0) is 16.1 Å². The van der Waals surface area contributed by atoms with Crippen molar-refractivity contribution in [2.45, 2.75) is 50.8 Å². The maximum Gasteiger partial charge on any atom is 0.573 e. The Morgan fingerprint density at radius 1 is 0.919 bits per heavy atom. The van der Waals surface area contributed by atoms with Gasteiger partial charge in [-0.05, 0) is 32.0 Å². The summed E-state index contributed by atoms with van der Waals surface area (Å²) in [6.45, 7) is 1.04. The van der Waals surface area contributed by atoms with Crippen molar-refractivity contribution in [3.63, 3.8) is 0 Å². The Labute approximate surface area is 203 Å². The maximum absolute atomic E-state index is 12.8. The average molecular weight is 556 g/mol. The zero-order valence-electron chi connectivity index (χ0n) is 19.1. The van der Waals surface area contributed by atoms with Crippen LogP contribution in [0, 0.1) is 0 Å². The fourth-order valence-electron chi connectivity index (χ4n) is 3.13. The summed E-state index contributed by atoms with van der Waals surface area (Å²) in [6, 6.07) is 3.06. The standard InChI is InChI=1S/C20H21F9N2O6/c1-17(2,15(32)33)36-12-3-4-13(37-20(27,28)29)11(9-12)10-30-5-7-31(8-6-30)16(34)35-14(18(21,22)23)19(24,25)26/h3-4,9,14H,5-8,10H2,1-2H3,(H,32,33). The first-order valence-electron chi connectivity index (χ1n) is 10.3. The molecule has 0 aromatic heterocycles. The van der Waals surface area contributed by atoms with Gasteiger partial charge in [0.1, 0.15) is 11.5 Å². The van der Waals surface area contributed by atoms with E-state index in [4.69, 9.17) is 4.74 Å². The topological polar surface area (TPSA) is 88.5 Å².